The Kier molecular flexibility index (Phi) is 4.49. The molecule has 0 saturated heterocycles. The number of rotatable bonds is 3. The van der Waals surface area contributed by atoms with Gasteiger partial charge in [-0.2, -0.15) is 0 Å². The number of hydrogen-bond donors (Lipinski definition) is 0. The van der Waals surface area contributed by atoms with Crippen LogP contribution in [0.2, 0.25) is 0 Å². The topological polar surface area (TPSA) is 81.8 Å². The van der Waals surface area contributed by atoms with Gasteiger partial charge in [0.1, 0.15) is 0 Å². The smallest absolute Gasteiger partial charge is 0.318 e. The number of nitrogens with zero attached hydrogens (tertiary/aromatic N) is 2. The third-order valence-electron chi connectivity index (χ3n) is 5.99. The number of carbonyl (C=O) groups excluding carboxylic acids is 1. The summed E-state index contributed by atoms with van der Waals surface area (Å²) in [7, 11) is 0. The van der Waals surface area contributed by atoms with E-state index in [1.165, 1.54) is 18.9 Å². The summed E-state index contributed by atoms with van der Waals surface area (Å²) in [5.41, 5.74) is 5.98. The van der Waals surface area contributed by atoms with Crippen LogP contribution in [0.15, 0.2) is 41.6 Å². The van der Waals surface area contributed by atoms with E-state index in [0.717, 1.165) is 47.9 Å². The Morgan fingerprint density at radius 1 is 1.04 bits per heavy atom. The monoisotopic (exact) mass is 378 g/mol. The molecule has 0 radical (unpaired) electrons. The van der Waals surface area contributed by atoms with Gasteiger partial charge in [0, 0.05) is 24.5 Å². The van der Waals surface area contributed by atoms with Crippen molar-refractivity contribution in [1.82, 2.24) is 0 Å². The largest absolute Gasteiger partial charge is 0.331 e. The van der Waals surface area contributed by atoms with Crippen LogP contribution >= 0.6 is 0 Å². The number of fused-ring (bicyclic) bond motifs is 5. The van der Waals surface area contributed by atoms with Gasteiger partial charge in [0.05, 0.1) is 10.6 Å². The Morgan fingerprint density at radius 2 is 1.68 bits per heavy atom. The highest BCUT2D eigenvalue weighted by Gasteiger charge is 2.44. The van der Waals surface area contributed by atoms with Crippen LogP contribution in [0, 0.1) is 10.1 Å². The number of nitro groups is 1. The molecular weight excluding hydrogens is 356 g/mol. The third kappa shape index (κ3) is 2.89. The minimum Gasteiger partial charge on any atom is -0.318 e. The summed E-state index contributed by atoms with van der Waals surface area (Å²) in [5.74, 6) is -0.455. The first-order valence-electron chi connectivity index (χ1n) is 9.59. The minimum absolute atomic E-state index is 0.143. The Hall–Kier alpha value is -3.02. The molecule has 0 heterocycles. The zero-order valence-corrected chi connectivity index (χ0v) is 16.0. The van der Waals surface area contributed by atoms with Crippen LogP contribution in [0.25, 0.3) is 11.1 Å². The van der Waals surface area contributed by atoms with Crippen molar-refractivity contribution in [2.45, 2.75) is 51.4 Å². The Balaban J connectivity index is 1.87. The van der Waals surface area contributed by atoms with Crippen molar-refractivity contribution in [3.63, 3.8) is 0 Å². The van der Waals surface area contributed by atoms with Crippen molar-refractivity contribution in [3.05, 3.63) is 63.2 Å². The van der Waals surface area contributed by atoms with E-state index >= 15 is 0 Å². The molecule has 0 aromatic heterocycles. The molecule has 2 aliphatic carbocycles. The van der Waals surface area contributed by atoms with Crippen LogP contribution in [-0.4, -0.2) is 16.6 Å². The van der Waals surface area contributed by atoms with Crippen LogP contribution in [-0.2, 0) is 15.0 Å². The number of hydrogen-bond acceptors (Lipinski definition) is 5. The maximum Gasteiger partial charge on any atom is 0.331 e. The molecular formula is C22H22N2O4. The standard InChI is InChI=1S/C22H22N2O4/c1-14(23-28-15(2)25)16-6-8-18-19-9-7-17(24(26)27)13-21(19)22(20(18)12-16)10-4-3-5-11-22/h6-9,12-13H,3-5,10-11H2,1-2H3/b23-14+. The first-order valence-corrected chi connectivity index (χ1v) is 9.59. The van der Waals surface area contributed by atoms with E-state index in [0.29, 0.717) is 5.71 Å². The Morgan fingerprint density at radius 3 is 2.32 bits per heavy atom. The zero-order valence-electron chi connectivity index (χ0n) is 16.0. The average molecular weight is 378 g/mol. The van der Waals surface area contributed by atoms with Gasteiger partial charge < -0.3 is 4.84 Å². The summed E-state index contributed by atoms with van der Waals surface area (Å²) in [5, 5.41) is 15.3. The summed E-state index contributed by atoms with van der Waals surface area (Å²) in [6.07, 6.45) is 5.36. The zero-order chi connectivity index (χ0) is 19.9. The van der Waals surface area contributed by atoms with E-state index in [2.05, 4.69) is 17.3 Å². The van der Waals surface area contributed by atoms with Gasteiger partial charge in [0.2, 0.25) is 0 Å². The summed E-state index contributed by atoms with van der Waals surface area (Å²) in [4.78, 5) is 26.9. The van der Waals surface area contributed by atoms with Crippen LogP contribution < -0.4 is 0 Å². The molecule has 2 aromatic carbocycles. The van der Waals surface area contributed by atoms with Gasteiger partial charge in [0.25, 0.3) is 5.69 Å². The van der Waals surface area contributed by atoms with E-state index in [1.54, 1.807) is 12.1 Å². The van der Waals surface area contributed by atoms with Crippen LogP contribution in [0.5, 0.6) is 0 Å². The van der Waals surface area contributed by atoms with Gasteiger partial charge in [-0.15, -0.1) is 0 Å². The molecule has 0 amide bonds. The van der Waals surface area contributed by atoms with E-state index in [4.69, 9.17) is 4.84 Å². The molecule has 4 rings (SSSR count). The third-order valence-corrected chi connectivity index (χ3v) is 5.99. The SMILES string of the molecule is CC(=O)O/N=C(\C)c1ccc2c(c1)C1(CCCCC1)c1cc([N+](=O)[O-])ccc1-2. The molecule has 1 saturated carbocycles. The molecule has 2 aromatic rings. The van der Waals surface area contributed by atoms with Crippen LogP contribution in [0.3, 0.4) is 0 Å². The summed E-state index contributed by atoms with van der Waals surface area (Å²) >= 11 is 0. The molecule has 1 fully saturated rings. The van der Waals surface area contributed by atoms with Crippen LogP contribution in [0.4, 0.5) is 5.69 Å². The number of carbonyl (C=O) groups is 1. The lowest BCUT2D eigenvalue weighted by atomic mass is 9.67. The lowest BCUT2D eigenvalue weighted by molar-refractivity contribution is -0.384. The fourth-order valence-electron chi connectivity index (χ4n) is 4.70. The van der Waals surface area contributed by atoms with Gasteiger partial charge >= 0.3 is 5.97 Å². The van der Waals surface area contributed by atoms with E-state index in [1.807, 2.05) is 19.1 Å². The maximum atomic E-state index is 11.4. The molecule has 28 heavy (non-hydrogen) atoms. The molecule has 0 atom stereocenters. The van der Waals surface area contributed by atoms with Crippen molar-refractivity contribution in [3.8, 4) is 11.1 Å². The van der Waals surface area contributed by atoms with Gasteiger partial charge in [-0.25, -0.2) is 4.79 Å². The number of oxime groups is 1. The first-order chi connectivity index (χ1) is 13.4. The number of non-ortho nitro benzene ring substituents is 1. The fourth-order valence-corrected chi connectivity index (χ4v) is 4.70. The molecule has 0 aliphatic heterocycles. The predicted octanol–water partition coefficient (Wildman–Crippen LogP) is 5.11. The van der Waals surface area contributed by atoms with Gasteiger partial charge in [-0.05, 0) is 59.7 Å². The lowest BCUT2D eigenvalue weighted by Crippen LogP contribution is -2.28. The second-order valence-corrected chi connectivity index (χ2v) is 7.65. The van der Waals surface area contributed by atoms with Crippen molar-refractivity contribution < 1.29 is 14.6 Å². The normalized spacial score (nSPS) is 17.1. The predicted molar refractivity (Wildman–Crippen MR) is 106 cm³/mol. The van der Waals surface area contributed by atoms with E-state index < -0.39 is 5.97 Å². The minimum atomic E-state index is -0.455. The van der Waals surface area contributed by atoms with Crippen molar-refractivity contribution >= 4 is 17.4 Å². The molecule has 6 heteroatoms. The second kappa shape index (κ2) is 6.86. The highest BCUT2D eigenvalue weighted by atomic mass is 16.7. The average Bonchev–Trinajstić information content (AvgIpc) is 2.95. The van der Waals surface area contributed by atoms with Crippen LogP contribution in [0.1, 0.15) is 62.6 Å². The van der Waals surface area contributed by atoms with Crippen molar-refractivity contribution in [2.75, 3.05) is 0 Å². The molecule has 1 spiro atoms. The molecule has 0 N–H and O–H groups in total. The van der Waals surface area contributed by atoms with Gasteiger partial charge in [-0.1, -0.05) is 36.6 Å². The second-order valence-electron chi connectivity index (χ2n) is 7.65. The molecule has 144 valence electrons. The van der Waals surface area contributed by atoms with Crippen molar-refractivity contribution in [1.29, 1.82) is 0 Å². The highest BCUT2D eigenvalue weighted by Crippen LogP contribution is 2.56. The Labute approximate surface area is 163 Å². The van der Waals surface area contributed by atoms with Crippen molar-refractivity contribution in [2.24, 2.45) is 5.16 Å². The summed E-state index contributed by atoms with van der Waals surface area (Å²) in [6.45, 7) is 3.13. The van der Waals surface area contributed by atoms with Gasteiger partial charge in [0.15, 0.2) is 0 Å². The van der Waals surface area contributed by atoms with E-state index in [9.17, 15) is 14.9 Å². The summed E-state index contributed by atoms with van der Waals surface area (Å²) in [6, 6.07) is 11.4. The summed E-state index contributed by atoms with van der Waals surface area (Å²) < 4.78 is 0. The highest BCUT2D eigenvalue weighted by molar-refractivity contribution is 6.00. The maximum absolute atomic E-state index is 11.4. The van der Waals surface area contributed by atoms with E-state index in [-0.39, 0.29) is 16.0 Å². The lowest BCUT2D eigenvalue weighted by Gasteiger charge is -2.36. The molecule has 0 bridgehead atoms. The molecule has 2 aliphatic rings. The molecule has 6 nitrogen and oxygen atoms in total. The fraction of sp³-hybridized carbons (Fsp3) is 0.364. The van der Waals surface area contributed by atoms with Gasteiger partial charge in [-0.3, -0.25) is 10.1 Å². The molecule has 0 unspecified atom stereocenters. The quantitative estimate of drug-likeness (QED) is 0.321. The Bertz CT molecular complexity index is 1000. The number of nitro benzene ring substituents is 1. The number of benzene rings is 2. The first kappa shape index (κ1) is 18.3.